The van der Waals surface area contributed by atoms with E-state index in [9.17, 15) is 9.59 Å². The number of unbranched alkanes of at least 4 members (excludes halogenated alkanes) is 24. The van der Waals surface area contributed by atoms with Gasteiger partial charge >= 0.3 is 0 Å². The molecule has 51 heavy (non-hydrogen) atoms. The molecule has 1 unspecified atom stereocenters. The smallest absolute Gasteiger partial charge is 0.220 e. The highest BCUT2D eigenvalue weighted by Crippen LogP contribution is 2.42. The number of nitrogens with one attached hydrogen (secondary N) is 1. The zero-order valence-corrected chi connectivity index (χ0v) is 36.0. The summed E-state index contributed by atoms with van der Waals surface area (Å²) < 4.78 is 0. The number of hydrogen-bond acceptors (Lipinski definition) is 3. The summed E-state index contributed by atoms with van der Waals surface area (Å²) in [6.07, 6.45) is 42.6. The monoisotopic (exact) mass is 719 g/mol. The Bertz CT molecular complexity index is 736. The van der Waals surface area contributed by atoms with Crippen molar-refractivity contribution >= 4 is 11.7 Å². The van der Waals surface area contributed by atoms with E-state index in [0.717, 1.165) is 70.9 Å². The van der Waals surface area contributed by atoms with Crippen LogP contribution in [0.1, 0.15) is 260 Å². The molecule has 304 valence electrons. The molecular formula is C47H94N2O2. The maximum atomic E-state index is 14.2. The number of hydrogen-bond donors (Lipinski definition) is 1. The largest absolute Gasteiger partial charge is 0.355 e. The Morgan fingerprint density at radius 1 is 0.451 bits per heavy atom. The van der Waals surface area contributed by atoms with Crippen molar-refractivity contribution in [1.82, 2.24) is 10.2 Å². The van der Waals surface area contributed by atoms with E-state index in [2.05, 4.69) is 51.8 Å². The Morgan fingerprint density at radius 2 is 0.784 bits per heavy atom. The number of carbonyl (C=O) groups excluding carboxylic acids is 2. The highest BCUT2D eigenvalue weighted by Gasteiger charge is 2.43. The van der Waals surface area contributed by atoms with Crippen molar-refractivity contribution < 1.29 is 9.59 Å². The fraction of sp³-hybridized carbons (Fsp3) is 0.957. The molecule has 1 N–H and O–H groups in total. The molecule has 1 amide bonds. The number of rotatable bonds is 41. The standard InChI is InChI=1S/C47H94N2O2/c1-7-13-15-17-19-21-23-25-27-29-31-33-35-37-44(50)46(47(39-9-3,40-10-4)41-11-5)49(12-6)43-42-48-45(51)38-36-34-32-30-28-26-24-22-20-18-16-14-8-2/h46H,7-43H2,1-6H3,(H,48,51). The average Bonchev–Trinajstić information content (AvgIpc) is 3.12. The zero-order chi connectivity index (χ0) is 37.7. The summed E-state index contributed by atoms with van der Waals surface area (Å²) >= 11 is 0. The predicted octanol–water partition coefficient (Wildman–Crippen LogP) is 14.7. The van der Waals surface area contributed by atoms with E-state index in [1.54, 1.807) is 0 Å². The second-order valence-electron chi connectivity index (χ2n) is 16.4. The first-order valence-electron chi connectivity index (χ1n) is 23.5. The van der Waals surface area contributed by atoms with Gasteiger partial charge in [0.25, 0.3) is 0 Å². The van der Waals surface area contributed by atoms with Gasteiger partial charge in [0.2, 0.25) is 5.91 Å². The second kappa shape index (κ2) is 37.4. The molecule has 0 heterocycles. The number of nitrogens with zero attached hydrogens (tertiary/aromatic N) is 1. The number of carbonyl (C=O) groups is 2. The molecule has 4 heteroatoms. The summed E-state index contributed by atoms with van der Waals surface area (Å²) in [4.78, 5) is 29.5. The second-order valence-corrected chi connectivity index (χ2v) is 16.4. The van der Waals surface area contributed by atoms with Gasteiger partial charge in [0, 0.05) is 25.9 Å². The van der Waals surface area contributed by atoms with E-state index in [1.165, 1.54) is 148 Å². The molecule has 0 saturated carbocycles. The first-order chi connectivity index (χ1) is 25.0. The van der Waals surface area contributed by atoms with Gasteiger partial charge in [-0.05, 0) is 44.1 Å². The fourth-order valence-electron chi connectivity index (χ4n) is 8.87. The van der Waals surface area contributed by atoms with Crippen LogP contribution in [0, 0.1) is 5.41 Å². The van der Waals surface area contributed by atoms with Crippen molar-refractivity contribution in [3.05, 3.63) is 0 Å². The minimum Gasteiger partial charge on any atom is -0.355 e. The molecule has 0 saturated heterocycles. The molecule has 0 aliphatic heterocycles. The van der Waals surface area contributed by atoms with E-state index in [-0.39, 0.29) is 17.4 Å². The molecule has 4 nitrogen and oxygen atoms in total. The molecule has 0 aromatic carbocycles. The van der Waals surface area contributed by atoms with Crippen molar-refractivity contribution in [2.45, 2.75) is 266 Å². The van der Waals surface area contributed by atoms with E-state index >= 15 is 0 Å². The third kappa shape index (κ3) is 27.4. The normalized spacial score (nSPS) is 12.5. The van der Waals surface area contributed by atoms with Gasteiger partial charge in [0.05, 0.1) is 6.04 Å². The highest BCUT2D eigenvalue weighted by molar-refractivity contribution is 5.85. The van der Waals surface area contributed by atoms with E-state index < -0.39 is 0 Å². The van der Waals surface area contributed by atoms with Crippen LogP contribution in [-0.4, -0.2) is 42.3 Å². The average molecular weight is 719 g/mol. The first kappa shape index (κ1) is 50.1. The van der Waals surface area contributed by atoms with Gasteiger partial charge in [-0.3, -0.25) is 14.5 Å². The van der Waals surface area contributed by atoms with Gasteiger partial charge in [-0.1, -0.05) is 215 Å². The van der Waals surface area contributed by atoms with Gasteiger partial charge in [-0.25, -0.2) is 0 Å². The summed E-state index contributed by atoms with van der Waals surface area (Å²) in [6, 6.07) is -0.0300. The van der Waals surface area contributed by atoms with Gasteiger partial charge in [0.15, 0.2) is 5.78 Å². The first-order valence-corrected chi connectivity index (χ1v) is 23.5. The highest BCUT2D eigenvalue weighted by atomic mass is 16.1. The summed E-state index contributed by atoms with van der Waals surface area (Å²) in [5.74, 6) is 0.652. The van der Waals surface area contributed by atoms with E-state index in [4.69, 9.17) is 0 Å². The molecule has 0 rings (SSSR count). The summed E-state index contributed by atoms with van der Waals surface area (Å²) in [6.45, 7) is 16.0. The Balaban J connectivity index is 4.69. The van der Waals surface area contributed by atoms with Gasteiger partial charge < -0.3 is 5.32 Å². The maximum absolute atomic E-state index is 14.2. The van der Waals surface area contributed by atoms with E-state index in [1.807, 2.05) is 0 Å². The van der Waals surface area contributed by atoms with Crippen LogP contribution in [0.25, 0.3) is 0 Å². The summed E-state index contributed by atoms with van der Waals surface area (Å²) in [5, 5.41) is 3.24. The Labute approximate surface area is 321 Å². The van der Waals surface area contributed by atoms with Crippen LogP contribution >= 0.6 is 0 Å². The zero-order valence-electron chi connectivity index (χ0n) is 36.0. The van der Waals surface area contributed by atoms with E-state index in [0.29, 0.717) is 25.2 Å². The molecule has 0 radical (unpaired) electrons. The van der Waals surface area contributed by atoms with Crippen LogP contribution in [0.4, 0.5) is 0 Å². The van der Waals surface area contributed by atoms with Gasteiger partial charge in [0.1, 0.15) is 0 Å². The topological polar surface area (TPSA) is 49.4 Å². The Morgan fingerprint density at radius 3 is 1.12 bits per heavy atom. The number of ketones is 1. The Hall–Kier alpha value is -0.900. The fourth-order valence-corrected chi connectivity index (χ4v) is 8.87. The lowest BCUT2D eigenvalue weighted by molar-refractivity contribution is -0.131. The quantitative estimate of drug-likeness (QED) is 0.0640. The summed E-state index contributed by atoms with van der Waals surface area (Å²) in [5.41, 5.74) is 0.0422. The minimum absolute atomic E-state index is 0.0300. The minimum atomic E-state index is -0.0300. The number of Topliss-reactive ketones (excluding diaryl/α,β-unsaturated/α-hetero) is 1. The predicted molar refractivity (Wildman–Crippen MR) is 227 cm³/mol. The molecular weight excluding hydrogens is 625 g/mol. The molecule has 0 aromatic heterocycles. The summed E-state index contributed by atoms with van der Waals surface area (Å²) in [7, 11) is 0. The van der Waals surface area contributed by atoms with Crippen LogP contribution in [-0.2, 0) is 9.59 Å². The van der Waals surface area contributed by atoms with Crippen LogP contribution in [0.15, 0.2) is 0 Å². The Kier molecular flexibility index (Phi) is 36.8. The number of likely N-dealkylation sites (N-methyl/N-ethyl adjacent to an activating group) is 1. The third-order valence-corrected chi connectivity index (χ3v) is 11.7. The molecule has 0 spiro atoms. The number of amides is 1. The van der Waals surface area contributed by atoms with Crippen LogP contribution in [0.3, 0.4) is 0 Å². The van der Waals surface area contributed by atoms with Gasteiger partial charge in [-0.15, -0.1) is 0 Å². The van der Waals surface area contributed by atoms with Crippen molar-refractivity contribution in [2.24, 2.45) is 5.41 Å². The molecule has 0 aliphatic carbocycles. The molecule has 0 aliphatic rings. The lowest BCUT2D eigenvalue weighted by atomic mass is 9.67. The molecule has 0 fully saturated rings. The SMILES string of the molecule is CCCCCCCCCCCCCCCC(=O)NCCN(CC)C(C(=O)CCCCCCCCCCCCCCC)C(CCC)(CCC)CCC. The van der Waals surface area contributed by atoms with Crippen molar-refractivity contribution in [3.8, 4) is 0 Å². The lowest BCUT2D eigenvalue weighted by Crippen LogP contribution is -2.54. The van der Waals surface area contributed by atoms with Crippen LogP contribution in [0.2, 0.25) is 0 Å². The van der Waals surface area contributed by atoms with Crippen LogP contribution in [0.5, 0.6) is 0 Å². The van der Waals surface area contributed by atoms with Crippen molar-refractivity contribution in [2.75, 3.05) is 19.6 Å². The maximum Gasteiger partial charge on any atom is 0.220 e. The molecule has 1 atom stereocenters. The van der Waals surface area contributed by atoms with Crippen LogP contribution < -0.4 is 5.32 Å². The van der Waals surface area contributed by atoms with Crippen molar-refractivity contribution in [3.63, 3.8) is 0 Å². The molecule has 0 bridgehead atoms. The third-order valence-electron chi connectivity index (χ3n) is 11.7. The molecule has 0 aromatic rings. The van der Waals surface area contributed by atoms with Crippen molar-refractivity contribution in [1.29, 1.82) is 0 Å². The van der Waals surface area contributed by atoms with Gasteiger partial charge in [-0.2, -0.15) is 0 Å². The lowest BCUT2D eigenvalue weighted by Gasteiger charge is -2.46.